The molecule has 0 aromatic carbocycles. The van der Waals surface area contributed by atoms with Crippen molar-refractivity contribution in [3.63, 3.8) is 0 Å². The van der Waals surface area contributed by atoms with Gasteiger partial charge in [0.1, 0.15) is 5.82 Å². The van der Waals surface area contributed by atoms with Gasteiger partial charge in [-0.15, -0.1) is 0 Å². The average molecular weight is 334 g/mol. The first-order valence-corrected chi connectivity index (χ1v) is 9.08. The fraction of sp³-hybridized carbons (Fsp3) is 0.562. The number of anilines is 1. The van der Waals surface area contributed by atoms with Crippen LogP contribution >= 0.6 is 11.8 Å². The number of hydrogen-bond acceptors (Lipinski definition) is 4. The number of unbranched alkanes of at least 4 members (excludes halogenated alkanes) is 1. The number of nitrogens with zero attached hydrogens (tertiary/aromatic N) is 1. The smallest absolute Gasteiger partial charge is 0.315 e. The Hall–Kier alpha value is -1.76. The highest BCUT2D eigenvalue weighted by Gasteiger charge is 2.42. The van der Waals surface area contributed by atoms with E-state index in [0.717, 1.165) is 30.6 Å². The third kappa shape index (κ3) is 4.16. The van der Waals surface area contributed by atoms with E-state index >= 15 is 0 Å². The molecular formula is C16H22N4O2S. The Balaban J connectivity index is 1.35. The van der Waals surface area contributed by atoms with Gasteiger partial charge in [0, 0.05) is 23.6 Å². The zero-order valence-electron chi connectivity index (χ0n) is 13.2. The molecule has 3 rings (SSSR count). The molecule has 2 fully saturated rings. The van der Waals surface area contributed by atoms with E-state index in [4.69, 9.17) is 0 Å². The van der Waals surface area contributed by atoms with Gasteiger partial charge in [-0.2, -0.15) is 11.8 Å². The Morgan fingerprint density at radius 3 is 3.13 bits per heavy atom. The van der Waals surface area contributed by atoms with Gasteiger partial charge in [0.15, 0.2) is 0 Å². The predicted molar refractivity (Wildman–Crippen MR) is 91.6 cm³/mol. The summed E-state index contributed by atoms with van der Waals surface area (Å²) in [5.74, 6) is 1.60. The number of carbonyl (C=O) groups excluding carboxylic acids is 2. The molecule has 7 heteroatoms. The van der Waals surface area contributed by atoms with E-state index < -0.39 is 0 Å². The van der Waals surface area contributed by atoms with Crippen molar-refractivity contribution in [3.05, 3.63) is 23.9 Å². The average Bonchev–Trinajstić information content (AvgIpc) is 3.03. The third-order valence-corrected chi connectivity index (χ3v) is 5.77. The van der Waals surface area contributed by atoms with Crippen molar-refractivity contribution in [1.29, 1.82) is 0 Å². The number of rotatable bonds is 6. The molecule has 23 heavy (non-hydrogen) atoms. The Kier molecular flexibility index (Phi) is 5.05. The molecule has 2 saturated heterocycles. The summed E-state index contributed by atoms with van der Waals surface area (Å²) in [6.45, 7) is 1.97. The van der Waals surface area contributed by atoms with Crippen LogP contribution in [0, 0.1) is 6.92 Å². The minimum Gasteiger partial charge on any atom is -0.332 e. The van der Waals surface area contributed by atoms with Crippen LogP contribution in [0.2, 0.25) is 0 Å². The van der Waals surface area contributed by atoms with Gasteiger partial charge in [-0.1, -0.05) is 6.42 Å². The lowest BCUT2D eigenvalue weighted by molar-refractivity contribution is -0.116. The molecule has 6 nitrogen and oxygen atoms in total. The van der Waals surface area contributed by atoms with Crippen LogP contribution in [0.5, 0.6) is 0 Å². The normalized spacial score (nSPS) is 25.6. The maximum atomic E-state index is 11.9. The van der Waals surface area contributed by atoms with Crippen LogP contribution in [-0.2, 0) is 4.79 Å². The number of nitrogens with one attached hydrogen (secondary N) is 3. The molecule has 3 heterocycles. The monoisotopic (exact) mass is 334 g/mol. The van der Waals surface area contributed by atoms with Crippen molar-refractivity contribution in [2.75, 3.05) is 11.1 Å². The van der Waals surface area contributed by atoms with Gasteiger partial charge in [-0.3, -0.25) is 4.79 Å². The molecule has 0 saturated carbocycles. The molecule has 3 amide bonds. The second kappa shape index (κ2) is 7.21. The summed E-state index contributed by atoms with van der Waals surface area (Å²) in [5.41, 5.74) is 1.08. The summed E-state index contributed by atoms with van der Waals surface area (Å²) in [6.07, 6.45) is 5.08. The second-order valence-corrected chi connectivity index (χ2v) is 7.41. The quantitative estimate of drug-likeness (QED) is 0.549. The van der Waals surface area contributed by atoms with Crippen molar-refractivity contribution in [1.82, 2.24) is 15.6 Å². The highest BCUT2D eigenvalue weighted by atomic mass is 32.2. The summed E-state index contributed by atoms with van der Waals surface area (Å²) in [6, 6.07) is 4.24. The summed E-state index contributed by atoms with van der Waals surface area (Å²) in [7, 11) is 0. The summed E-state index contributed by atoms with van der Waals surface area (Å²) >= 11 is 1.91. The molecule has 124 valence electrons. The number of urea groups is 1. The van der Waals surface area contributed by atoms with Crippen molar-refractivity contribution in [3.8, 4) is 0 Å². The standard InChI is InChI=1S/C16H22N4O2S/c1-10-6-7-17-13(8-10)19-14(21)5-3-2-4-12-15-11(9-23-12)18-16(22)20-15/h6-8,11-12,15H,2-5,9H2,1H3,(H,17,19,21)(H2,18,20,22). The number of aryl methyl sites for hydroxylation is 1. The topological polar surface area (TPSA) is 83.1 Å². The first kappa shape index (κ1) is 16.1. The maximum Gasteiger partial charge on any atom is 0.315 e. The molecule has 3 unspecified atom stereocenters. The van der Waals surface area contributed by atoms with E-state index in [1.165, 1.54) is 0 Å². The zero-order valence-corrected chi connectivity index (χ0v) is 14.0. The Bertz CT molecular complexity index is 595. The van der Waals surface area contributed by atoms with Gasteiger partial charge in [-0.25, -0.2) is 9.78 Å². The first-order chi connectivity index (χ1) is 11.1. The molecule has 2 aliphatic heterocycles. The summed E-state index contributed by atoms with van der Waals surface area (Å²) in [5, 5.41) is 9.23. The fourth-order valence-electron chi connectivity index (χ4n) is 3.08. The molecule has 3 atom stereocenters. The van der Waals surface area contributed by atoms with Crippen LogP contribution < -0.4 is 16.0 Å². The molecule has 2 aliphatic rings. The largest absolute Gasteiger partial charge is 0.332 e. The predicted octanol–water partition coefficient (Wildman–Crippen LogP) is 2.05. The highest BCUT2D eigenvalue weighted by molar-refractivity contribution is 8.00. The van der Waals surface area contributed by atoms with Crippen LogP contribution in [0.15, 0.2) is 18.3 Å². The van der Waals surface area contributed by atoms with E-state index in [1.54, 1.807) is 6.20 Å². The van der Waals surface area contributed by atoms with E-state index in [1.807, 2.05) is 30.8 Å². The van der Waals surface area contributed by atoms with Gasteiger partial charge in [0.05, 0.1) is 12.1 Å². The molecule has 1 aromatic heterocycles. The van der Waals surface area contributed by atoms with E-state index in [9.17, 15) is 9.59 Å². The SMILES string of the molecule is Cc1ccnc(NC(=O)CCCCC2SCC3NC(=O)NC32)c1. The van der Waals surface area contributed by atoms with Crippen LogP contribution in [0.4, 0.5) is 10.6 Å². The van der Waals surface area contributed by atoms with Crippen LogP contribution in [-0.4, -0.2) is 40.0 Å². The highest BCUT2D eigenvalue weighted by Crippen LogP contribution is 2.33. The number of pyridine rings is 1. The Morgan fingerprint density at radius 2 is 2.30 bits per heavy atom. The number of carbonyl (C=O) groups is 2. The number of amides is 3. The van der Waals surface area contributed by atoms with Crippen LogP contribution in [0.25, 0.3) is 0 Å². The number of thioether (sulfide) groups is 1. The Labute approximate surface area is 140 Å². The lowest BCUT2D eigenvalue weighted by atomic mass is 10.0. The number of hydrogen-bond donors (Lipinski definition) is 3. The van der Waals surface area contributed by atoms with Crippen molar-refractivity contribution >= 4 is 29.5 Å². The summed E-state index contributed by atoms with van der Waals surface area (Å²) < 4.78 is 0. The van der Waals surface area contributed by atoms with E-state index in [2.05, 4.69) is 20.9 Å². The number of aromatic nitrogens is 1. The molecular weight excluding hydrogens is 312 g/mol. The van der Waals surface area contributed by atoms with Crippen molar-refractivity contribution in [2.45, 2.75) is 49.9 Å². The molecule has 1 aromatic rings. The Morgan fingerprint density at radius 1 is 1.43 bits per heavy atom. The van der Waals surface area contributed by atoms with Gasteiger partial charge in [0.2, 0.25) is 5.91 Å². The van der Waals surface area contributed by atoms with Crippen LogP contribution in [0.3, 0.4) is 0 Å². The molecule has 0 bridgehead atoms. The first-order valence-electron chi connectivity index (χ1n) is 8.03. The maximum absolute atomic E-state index is 11.9. The van der Waals surface area contributed by atoms with E-state index in [-0.39, 0.29) is 24.0 Å². The van der Waals surface area contributed by atoms with Gasteiger partial charge in [-0.05, 0) is 37.5 Å². The lowest BCUT2D eigenvalue weighted by Crippen LogP contribution is -2.36. The zero-order chi connectivity index (χ0) is 16.2. The fourth-order valence-corrected chi connectivity index (χ4v) is 4.63. The minimum atomic E-state index is -0.0460. The number of fused-ring (bicyclic) bond motifs is 1. The molecule has 0 radical (unpaired) electrons. The minimum absolute atomic E-state index is 0.0101. The second-order valence-electron chi connectivity index (χ2n) is 6.13. The lowest BCUT2D eigenvalue weighted by Gasteiger charge is -2.16. The van der Waals surface area contributed by atoms with E-state index in [0.29, 0.717) is 17.5 Å². The van der Waals surface area contributed by atoms with Crippen molar-refractivity contribution < 1.29 is 9.59 Å². The van der Waals surface area contributed by atoms with Crippen LogP contribution in [0.1, 0.15) is 31.2 Å². The van der Waals surface area contributed by atoms with Crippen molar-refractivity contribution in [2.24, 2.45) is 0 Å². The van der Waals surface area contributed by atoms with Gasteiger partial charge >= 0.3 is 6.03 Å². The summed E-state index contributed by atoms with van der Waals surface area (Å²) in [4.78, 5) is 27.4. The molecule has 0 spiro atoms. The molecule has 3 N–H and O–H groups in total. The molecule has 0 aliphatic carbocycles. The van der Waals surface area contributed by atoms with Gasteiger partial charge in [0.25, 0.3) is 0 Å². The van der Waals surface area contributed by atoms with Gasteiger partial charge < -0.3 is 16.0 Å². The third-order valence-electron chi connectivity index (χ3n) is 4.26.